The first-order valence-electron chi connectivity index (χ1n) is 6.92. The van der Waals surface area contributed by atoms with Gasteiger partial charge in [0.05, 0.1) is 5.92 Å². The van der Waals surface area contributed by atoms with E-state index >= 15 is 0 Å². The second-order valence-electron chi connectivity index (χ2n) is 5.50. The number of halogens is 3. The summed E-state index contributed by atoms with van der Waals surface area (Å²) in [5, 5.41) is 9.81. The smallest absolute Gasteiger partial charge is 0.348 e. The van der Waals surface area contributed by atoms with Crippen LogP contribution in [0, 0.1) is 5.92 Å². The molecule has 1 saturated carbocycles. The number of aryl methyl sites for hydroxylation is 1. The predicted molar refractivity (Wildman–Crippen MR) is 70.7 cm³/mol. The minimum Gasteiger partial charge on any atom is -0.348 e. The number of hydrogen-bond donors (Lipinski definition) is 1. The van der Waals surface area contributed by atoms with Crippen LogP contribution >= 0.6 is 0 Å². The van der Waals surface area contributed by atoms with Crippen molar-refractivity contribution in [1.82, 2.24) is 29.7 Å². The number of imidazole rings is 1. The standard InChI is InChI=1S/C12H13F3N6O2/c1-20-11(23)21-5-16-8(9(21)18-19-20)10(22)17-7-3-2-6(4-7)12(13,14)15/h5-7H,2-4H2,1H3,(H,17,22). The third kappa shape index (κ3) is 2.78. The molecular weight excluding hydrogens is 317 g/mol. The van der Waals surface area contributed by atoms with Crippen molar-refractivity contribution in [3.05, 3.63) is 22.5 Å². The SMILES string of the molecule is Cn1nnc2c(C(=O)NC3CCC(C(F)(F)F)C3)ncn2c1=O. The average molecular weight is 330 g/mol. The summed E-state index contributed by atoms with van der Waals surface area (Å²) < 4.78 is 40.0. The van der Waals surface area contributed by atoms with Gasteiger partial charge in [-0.25, -0.2) is 14.2 Å². The van der Waals surface area contributed by atoms with Gasteiger partial charge in [-0.15, -0.1) is 5.10 Å². The molecule has 2 aromatic rings. The Balaban J connectivity index is 1.78. The number of alkyl halides is 3. The molecule has 3 rings (SSSR count). The maximum Gasteiger partial charge on any atom is 0.391 e. The van der Waals surface area contributed by atoms with E-state index < -0.39 is 29.7 Å². The van der Waals surface area contributed by atoms with Crippen molar-refractivity contribution in [3.63, 3.8) is 0 Å². The molecule has 8 nitrogen and oxygen atoms in total. The number of nitrogens with zero attached hydrogens (tertiary/aromatic N) is 5. The van der Waals surface area contributed by atoms with E-state index in [1.165, 1.54) is 7.05 Å². The Labute approximate surface area is 127 Å². The molecule has 0 bridgehead atoms. The Hall–Kier alpha value is -2.46. The van der Waals surface area contributed by atoms with Crippen molar-refractivity contribution in [2.75, 3.05) is 0 Å². The van der Waals surface area contributed by atoms with Gasteiger partial charge in [0, 0.05) is 13.1 Å². The highest BCUT2D eigenvalue weighted by Crippen LogP contribution is 2.38. The van der Waals surface area contributed by atoms with Crippen LogP contribution in [0.25, 0.3) is 5.65 Å². The summed E-state index contributed by atoms with van der Waals surface area (Å²) >= 11 is 0. The molecule has 0 saturated heterocycles. The summed E-state index contributed by atoms with van der Waals surface area (Å²) in [5.74, 6) is -2.07. The molecule has 0 aromatic carbocycles. The number of fused-ring (bicyclic) bond motifs is 1. The number of hydrogen-bond acceptors (Lipinski definition) is 5. The fourth-order valence-corrected chi connectivity index (χ4v) is 2.70. The van der Waals surface area contributed by atoms with Gasteiger partial charge in [-0.3, -0.25) is 4.79 Å². The first-order valence-corrected chi connectivity index (χ1v) is 6.92. The number of carbonyl (C=O) groups is 1. The molecule has 1 aliphatic rings. The van der Waals surface area contributed by atoms with Crippen molar-refractivity contribution in [2.24, 2.45) is 13.0 Å². The third-order valence-corrected chi connectivity index (χ3v) is 3.94. The van der Waals surface area contributed by atoms with Crippen LogP contribution in [-0.4, -0.2) is 42.5 Å². The summed E-state index contributed by atoms with van der Waals surface area (Å²) in [6.07, 6.45) is -3.05. The molecule has 0 spiro atoms. The number of rotatable bonds is 2. The van der Waals surface area contributed by atoms with E-state index in [0.717, 1.165) is 15.4 Å². The summed E-state index contributed by atoms with van der Waals surface area (Å²) in [5.41, 5.74) is -0.693. The van der Waals surface area contributed by atoms with Gasteiger partial charge in [0.15, 0.2) is 11.3 Å². The lowest BCUT2D eigenvalue weighted by atomic mass is 10.1. The topological polar surface area (TPSA) is 94.2 Å². The largest absolute Gasteiger partial charge is 0.391 e. The van der Waals surface area contributed by atoms with E-state index in [1.54, 1.807) is 0 Å². The highest BCUT2D eigenvalue weighted by molar-refractivity contribution is 5.97. The average Bonchev–Trinajstić information content (AvgIpc) is 3.09. The molecule has 23 heavy (non-hydrogen) atoms. The van der Waals surface area contributed by atoms with Crippen molar-refractivity contribution in [3.8, 4) is 0 Å². The summed E-state index contributed by atoms with van der Waals surface area (Å²) in [7, 11) is 1.39. The number of carbonyl (C=O) groups excluding carboxylic acids is 1. The zero-order chi connectivity index (χ0) is 16.8. The lowest BCUT2D eigenvalue weighted by Crippen LogP contribution is -2.34. The zero-order valence-corrected chi connectivity index (χ0v) is 12.0. The van der Waals surface area contributed by atoms with Gasteiger partial charge in [0.1, 0.15) is 6.33 Å². The van der Waals surface area contributed by atoms with Crippen LogP contribution in [0.4, 0.5) is 13.2 Å². The van der Waals surface area contributed by atoms with Crippen LogP contribution < -0.4 is 11.0 Å². The molecule has 2 unspecified atom stereocenters. The van der Waals surface area contributed by atoms with Gasteiger partial charge < -0.3 is 5.32 Å². The lowest BCUT2D eigenvalue weighted by Gasteiger charge is -2.15. The van der Waals surface area contributed by atoms with Gasteiger partial charge >= 0.3 is 11.9 Å². The number of amides is 1. The highest BCUT2D eigenvalue weighted by atomic mass is 19.4. The first-order chi connectivity index (χ1) is 10.8. The third-order valence-electron chi connectivity index (χ3n) is 3.94. The predicted octanol–water partition coefficient (Wildman–Crippen LogP) is 0.284. The van der Waals surface area contributed by atoms with E-state index in [2.05, 4.69) is 20.6 Å². The van der Waals surface area contributed by atoms with Crippen LogP contribution in [0.1, 0.15) is 29.8 Å². The van der Waals surface area contributed by atoms with Crippen molar-refractivity contribution in [2.45, 2.75) is 31.5 Å². The molecule has 2 heterocycles. The normalized spacial score (nSPS) is 21.7. The van der Waals surface area contributed by atoms with Gasteiger partial charge in [0.25, 0.3) is 5.91 Å². The molecule has 2 atom stereocenters. The monoisotopic (exact) mass is 330 g/mol. The number of nitrogens with one attached hydrogen (secondary N) is 1. The Kier molecular flexibility index (Phi) is 3.57. The summed E-state index contributed by atoms with van der Waals surface area (Å²) in [4.78, 5) is 27.8. The molecule has 1 amide bonds. The quantitative estimate of drug-likeness (QED) is 0.854. The fraction of sp³-hybridized carbons (Fsp3) is 0.583. The second kappa shape index (κ2) is 5.32. The van der Waals surface area contributed by atoms with Crippen molar-refractivity contribution >= 4 is 11.6 Å². The summed E-state index contributed by atoms with van der Waals surface area (Å²) in [6, 6.07) is -0.578. The maximum absolute atomic E-state index is 12.7. The van der Waals surface area contributed by atoms with Gasteiger partial charge in [-0.05, 0) is 19.3 Å². The fourth-order valence-electron chi connectivity index (χ4n) is 2.70. The molecule has 0 aliphatic heterocycles. The van der Waals surface area contributed by atoms with Crippen LogP contribution in [0.3, 0.4) is 0 Å². The van der Waals surface area contributed by atoms with Crippen LogP contribution in [0.2, 0.25) is 0 Å². The van der Waals surface area contributed by atoms with Crippen LogP contribution in [0.15, 0.2) is 11.1 Å². The summed E-state index contributed by atoms with van der Waals surface area (Å²) in [6.45, 7) is 0. The molecule has 0 radical (unpaired) electrons. The molecule has 1 fully saturated rings. The first kappa shape index (κ1) is 15.4. The van der Waals surface area contributed by atoms with Crippen molar-refractivity contribution < 1.29 is 18.0 Å². The minimum atomic E-state index is -4.25. The van der Waals surface area contributed by atoms with E-state index in [0.29, 0.717) is 0 Å². The van der Waals surface area contributed by atoms with E-state index in [1.807, 2.05) is 0 Å². The van der Waals surface area contributed by atoms with Gasteiger partial charge in [-0.1, -0.05) is 5.21 Å². The Morgan fingerprint density at radius 2 is 2.13 bits per heavy atom. The van der Waals surface area contributed by atoms with E-state index in [4.69, 9.17) is 0 Å². The van der Waals surface area contributed by atoms with Gasteiger partial charge in [-0.2, -0.15) is 17.9 Å². The lowest BCUT2D eigenvalue weighted by molar-refractivity contribution is -0.172. The highest BCUT2D eigenvalue weighted by Gasteiger charge is 2.44. The molecule has 1 aliphatic carbocycles. The Morgan fingerprint density at radius 3 is 2.78 bits per heavy atom. The molecule has 124 valence electrons. The molecule has 11 heteroatoms. The van der Waals surface area contributed by atoms with Crippen LogP contribution in [0.5, 0.6) is 0 Å². The van der Waals surface area contributed by atoms with Gasteiger partial charge in [0.2, 0.25) is 0 Å². The number of aromatic nitrogens is 5. The van der Waals surface area contributed by atoms with Crippen LogP contribution in [-0.2, 0) is 7.05 Å². The minimum absolute atomic E-state index is 0.0151. The zero-order valence-electron chi connectivity index (χ0n) is 12.0. The molecule has 1 N–H and O–H groups in total. The Morgan fingerprint density at radius 1 is 1.39 bits per heavy atom. The Bertz CT molecular complexity index is 811. The maximum atomic E-state index is 12.7. The van der Waals surface area contributed by atoms with Crippen molar-refractivity contribution in [1.29, 1.82) is 0 Å². The molecular formula is C12H13F3N6O2. The van der Waals surface area contributed by atoms with E-state index in [9.17, 15) is 22.8 Å². The second-order valence-corrected chi connectivity index (χ2v) is 5.50. The molecule has 2 aromatic heterocycles. The van der Waals surface area contributed by atoms with E-state index in [-0.39, 0.29) is 30.6 Å².